The number of halogens is 1. The molecular weight excluding hydrogens is 341 g/mol. The van der Waals surface area contributed by atoms with E-state index in [0.29, 0.717) is 17.6 Å². The van der Waals surface area contributed by atoms with Crippen LogP contribution in [0.2, 0.25) is 0 Å². The lowest BCUT2D eigenvalue weighted by atomic mass is 9.99. The number of hydrogen-bond donors (Lipinski definition) is 1. The zero-order chi connectivity index (χ0) is 18.4. The number of allylic oxidation sites excluding steroid dienone is 1. The molecule has 138 valence electrons. The van der Waals surface area contributed by atoms with Gasteiger partial charge in [-0.25, -0.2) is 15.0 Å². The molecule has 3 heterocycles. The van der Waals surface area contributed by atoms with Gasteiger partial charge < -0.3 is 5.32 Å². The third-order valence-corrected chi connectivity index (χ3v) is 5.58. The molecule has 1 saturated carbocycles. The van der Waals surface area contributed by atoms with Gasteiger partial charge in [-0.15, -0.1) is 0 Å². The van der Waals surface area contributed by atoms with E-state index >= 15 is 0 Å². The van der Waals surface area contributed by atoms with Crippen LogP contribution >= 0.6 is 0 Å². The number of anilines is 1. The molecule has 0 saturated heterocycles. The maximum Gasteiger partial charge on any atom is 0.223 e. The molecule has 1 N–H and O–H groups in total. The molecule has 0 aromatic carbocycles. The molecule has 3 aromatic rings. The average molecular weight is 363 g/mol. The normalized spacial score (nSPS) is 17.9. The van der Waals surface area contributed by atoms with Crippen LogP contribution in [-0.4, -0.2) is 25.4 Å². The largest absolute Gasteiger partial charge is 0.351 e. The van der Waals surface area contributed by atoms with E-state index in [1.54, 1.807) is 6.20 Å². The minimum absolute atomic E-state index is 0.355. The van der Waals surface area contributed by atoms with Gasteiger partial charge in [0.2, 0.25) is 11.9 Å². The summed E-state index contributed by atoms with van der Waals surface area (Å²) in [6.45, 7) is 2.20. The molecule has 1 atom stereocenters. The Morgan fingerprint density at radius 1 is 1.22 bits per heavy atom. The van der Waals surface area contributed by atoms with Crippen molar-refractivity contribution in [3.63, 3.8) is 0 Å². The fourth-order valence-corrected chi connectivity index (χ4v) is 3.83. The number of nitrogens with zero attached hydrogens (tertiary/aromatic N) is 4. The van der Waals surface area contributed by atoms with Crippen LogP contribution in [0.3, 0.4) is 0 Å². The minimum Gasteiger partial charge on any atom is -0.351 e. The number of aromatic nitrogens is 4. The van der Waals surface area contributed by atoms with E-state index in [2.05, 4.69) is 28.3 Å². The molecule has 0 bridgehead atoms. The van der Waals surface area contributed by atoms with E-state index < -0.39 is 0 Å². The molecule has 2 aliphatic carbocycles. The van der Waals surface area contributed by atoms with E-state index in [4.69, 9.17) is 4.98 Å². The van der Waals surface area contributed by atoms with Crippen LogP contribution < -0.4 is 5.32 Å². The number of imidazole rings is 1. The third kappa shape index (κ3) is 3.09. The first-order chi connectivity index (χ1) is 13.2. The molecule has 0 unspecified atom stereocenters. The molecule has 0 spiro atoms. The van der Waals surface area contributed by atoms with Crippen LogP contribution in [0.1, 0.15) is 49.4 Å². The second-order valence-corrected chi connectivity index (χ2v) is 7.56. The summed E-state index contributed by atoms with van der Waals surface area (Å²) in [7, 11) is 0. The summed E-state index contributed by atoms with van der Waals surface area (Å²) in [6, 6.07) is 4.25. The highest BCUT2D eigenvalue weighted by Gasteiger charge is 2.28. The number of rotatable bonds is 4. The predicted octanol–water partition coefficient (Wildman–Crippen LogP) is 4.24. The number of pyridine rings is 1. The molecule has 3 aromatic heterocycles. The van der Waals surface area contributed by atoms with Gasteiger partial charge in [-0.3, -0.25) is 4.40 Å². The molecule has 0 radical (unpaired) electrons. The first kappa shape index (κ1) is 16.4. The van der Waals surface area contributed by atoms with Gasteiger partial charge in [0.25, 0.3) is 0 Å². The summed E-state index contributed by atoms with van der Waals surface area (Å²) in [4.78, 5) is 13.4. The average Bonchev–Trinajstić information content (AvgIpc) is 3.49. The maximum absolute atomic E-state index is 14.0. The van der Waals surface area contributed by atoms with Crippen LogP contribution in [0, 0.1) is 11.9 Å². The Morgan fingerprint density at radius 2 is 2.11 bits per heavy atom. The van der Waals surface area contributed by atoms with E-state index in [9.17, 15) is 4.39 Å². The first-order valence-corrected chi connectivity index (χ1v) is 9.65. The van der Waals surface area contributed by atoms with Gasteiger partial charge in [0, 0.05) is 24.0 Å². The maximum atomic E-state index is 14.0. The fourth-order valence-electron chi connectivity index (χ4n) is 3.83. The monoisotopic (exact) mass is 363 g/mol. The van der Waals surface area contributed by atoms with Gasteiger partial charge >= 0.3 is 0 Å². The zero-order valence-electron chi connectivity index (χ0n) is 15.3. The van der Waals surface area contributed by atoms with Gasteiger partial charge in [-0.05, 0) is 68.2 Å². The van der Waals surface area contributed by atoms with Crippen molar-refractivity contribution in [1.82, 2.24) is 19.4 Å². The van der Waals surface area contributed by atoms with Crippen molar-refractivity contribution >= 4 is 17.2 Å². The lowest BCUT2D eigenvalue weighted by Gasteiger charge is -2.15. The van der Waals surface area contributed by atoms with Crippen molar-refractivity contribution in [3.8, 4) is 0 Å². The van der Waals surface area contributed by atoms with Crippen molar-refractivity contribution in [2.24, 2.45) is 5.92 Å². The lowest BCUT2D eigenvalue weighted by Crippen LogP contribution is -2.19. The highest BCUT2D eigenvalue weighted by atomic mass is 19.1. The van der Waals surface area contributed by atoms with Gasteiger partial charge in [0.1, 0.15) is 5.65 Å². The smallest absolute Gasteiger partial charge is 0.223 e. The topological polar surface area (TPSA) is 55.1 Å². The lowest BCUT2D eigenvalue weighted by molar-refractivity contribution is 0.573. The Labute approximate surface area is 157 Å². The van der Waals surface area contributed by atoms with Crippen molar-refractivity contribution < 1.29 is 4.39 Å². The van der Waals surface area contributed by atoms with Crippen molar-refractivity contribution in [1.29, 1.82) is 0 Å². The molecular formula is C21H22FN5. The Bertz CT molecular complexity index is 1030. The Morgan fingerprint density at radius 3 is 2.96 bits per heavy atom. The molecule has 5 nitrogen and oxygen atoms in total. The summed E-state index contributed by atoms with van der Waals surface area (Å²) in [6.07, 6.45) is 12.7. The Hall–Kier alpha value is -2.76. The van der Waals surface area contributed by atoms with E-state index in [1.165, 1.54) is 23.4 Å². The molecule has 5 rings (SSSR count). The van der Waals surface area contributed by atoms with E-state index in [1.807, 2.05) is 18.3 Å². The summed E-state index contributed by atoms with van der Waals surface area (Å²) >= 11 is 0. The molecule has 27 heavy (non-hydrogen) atoms. The first-order valence-electron chi connectivity index (χ1n) is 9.65. The highest BCUT2D eigenvalue weighted by molar-refractivity contribution is 5.81. The zero-order valence-corrected chi connectivity index (χ0v) is 15.3. The second-order valence-electron chi connectivity index (χ2n) is 7.56. The van der Waals surface area contributed by atoms with Gasteiger partial charge in [0.05, 0.1) is 11.9 Å². The number of aryl methyl sites for hydroxylation is 1. The van der Waals surface area contributed by atoms with Gasteiger partial charge in [0.15, 0.2) is 0 Å². The van der Waals surface area contributed by atoms with Crippen LogP contribution in [0.15, 0.2) is 36.8 Å². The second kappa shape index (κ2) is 6.44. The van der Waals surface area contributed by atoms with Gasteiger partial charge in [-0.2, -0.15) is 4.39 Å². The fraction of sp³-hybridized carbons (Fsp3) is 0.381. The number of fused-ring (bicyclic) bond motifs is 2. The van der Waals surface area contributed by atoms with Crippen LogP contribution in [0.5, 0.6) is 0 Å². The van der Waals surface area contributed by atoms with Crippen molar-refractivity contribution in [2.45, 2.75) is 45.1 Å². The van der Waals surface area contributed by atoms with Crippen LogP contribution in [-0.2, 0) is 6.42 Å². The van der Waals surface area contributed by atoms with Crippen molar-refractivity contribution in [2.75, 3.05) is 5.32 Å². The standard InChI is InChI=1S/C21H22FN5/c1-13(14-6-7-14)25-21-24-10-17-16(4-2-3-5-18(17)26-21)15-8-9-20-23-11-19(22)27(20)12-15/h4,8-14H,2-3,5-7H2,1H3,(H,24,25,26)/t13-/m1/s1. The van der Waals surface area contributed by atoms with E-state index in [0.717, 1.165) is 47.6 Å². The number of hydrogen-bond acceptors (Lipinski definition) is 4. The third-order valence-electron chi connectivity index (χ3n) is 5.58. The summed E-state index contributed by atoms with van der Waals surface area (Å²) in [5.74, 6) is 1.11. The van der Waals surface area contributed by atoms with Crippen LogP contribution in [0.4, 0.5) is 10.3 Å². The summed E-state index contributed by atoms with van der Waals surface area (Å²) < 4.78 is 15.4. The Balaban J connectivity index is 1.52. The molecule has 6 heteroatoms. The van der Waals surface area contributed by atoms with E-state index in [-0.39, 0.29) is 5.95 Å². The van der Waals surface area contributed by atoms with Crippen LogP contribution in [0.25, 0.3) is 11.2 Å². The number of nitrogens with one attached hydrogen (secondary N) is 1. The summed E-state index contributed by atoms with van der Waals surface area (Å²) in [5.41, 5.74) is 4.73. The quantitative estimate of drug-likeness (QED) is 0.753. The Kier molecular flexibility index (Phi) is 3.92. The minimum atomic E-state index is -0.355. The molecule has 2 aliphatic rings. The predicted molar refractivity (Wildman–Crippen MR) is 103 cm³/mol. The van der Waals surface area contributed by atoms with Gasteiger partial charge in [-0.1, -0.05) is 6.08 Å². The van der Waals surface area contributed by atoms with Crippen molar-refractivity contribution in [3.05, 3.63) is 59.6 Å². The highest BCUT2D eigenvalue weighted by Crippen LogP contribution is 2.34. The summed E-state index contributed by atoms with van der Waals surface area (Å²) in [5, 5.41) is 3.45. The molecule has 0 aliphatic heterocycles. The SMILES string of the molecule is C[C@@H](Nc1ncc2c(n1)CCCC=C2c1ccc2ncc(F)n2c1)C1CC1. The molecule has 1 fully saturated rings. The molecule has 0 amide bonds.